The van der Waals surface area contributed by atoms with E-state index < -0.39 is 0 Å². The van der Waals surface area contributed by atoms with Gasteiger partial charge in [-0.1, -0.05) is 12.1 Å². The van der Waals surface area contributed by atoms with Crippen LogP contribution in [-0.4, -0.2) is 54.6 Å². The van der Waals surface area contributed by atoms with E-state index in [1.807, 2.05) is 11.0 Å². The molecule has 2 aliphatic heterocycles. The maximum absolute atomic E-state index is 12.8. The molecule has 2 N–H and O–H groups in total. The molecule has 0 atom stereocenters. The average Bonchev–Trinajstić information content (AvgIpc) is 2.72. The Kier molecular flexibility index (Phi) is 5.30. The number of fused-ring (bicyclic) bond motifs is 1. The van der Waals surface area contributed by atoms with Crippen molar-refractivity contribution in [3.63, 3.8) is 0 Å². The molecule has 0 unspecified atom stereocenters. The molecule has 0 bridgehead atoms. The van der Waals surface area contributed by atoms with Crippen LogP contribution in [0.4, 0.5) is 17.3 Å². The molecule has 2 aromatic rings. The van der Waals surface area contributed by atoms with E-state index in [0.29, 0.717) is 54.9 Å². The number of hydrogen-bond acceptors (Lipinski definition) is 6. The second-order valence-corrected chi connectivity index (χ2v) is 7.10. The van der Waals surface area contributed by atoms with E-state index in [9.17, 15) is 14.4 Å². The van der Waals surface area contributed by atoms with Crippen molar-refractivity contribution < 1.29 is 14.3 Å². The number of carbonyl (C=O) groups is 2. The van der Waals surface area contributed by atoms with Gasteiger partial charge in [0.05, 0.1) is 24.6 Å². The van der Waals surface area contributed by atoms with Crippen molar-refractivity contribution in [3.05, 3.63) is 45.9 Å². The van der Waals surface area contributed by atoms with Gasteiger partial charge in [0.1, 0.15) is 6.54 Å². The number of benzene rings is 1. The molecule has 4 rings (SSSR count). The van der Waals surface area contributed by atoms with Gasteiger partial charge in [0.15, 0.2) is 0 Å². The lowest BCUT2D eigenvalue weighted by Gasteiger charge is -2.29. The Hall–Kier alpha value is -3.20. The molecule has 2 aliphatic rings. The summed E-state index contributed by atoms with van der Waals surface area (Å²) in [5, 5.41) is 2.76. The van der Waals surface area contributed by atoms with E-state index in [1.165, 1.54) is 4.90 Å². The van der Waals surface area contributed by atoms with Crippen LogP contribution >= 0.6 is 0 Å². The van der Waals surface area contributed by atoms with E-state index in [2.05, 4.69) is 15.3 Å². The first-order chi connectivity index (χ1) is 14.0. The maximum atomic E-state index is 12.8. The first kappa shape index (κ1) is 19.1. The van der Waals surface area contributed by atoms with E-state index in [1.54, 1.807) is 25.1 Å². The predicted molar refractivity (Wildman–Crippen MR) is 108 cm³/mol. The second kappa shape index (κ2) is 8.04. The molecule has 29 heavy (non-hydrogen) atoms. The first-order valence-corrected chi connectivity index (χ1v) is 9.64. The standard InChI is InChI=1S/C20H23N5O4/c1-13-14(19(28)23-20(21-13)24-8-10-29-11-9-24)6-7-18(27)25-12-17(26)22-15-4-2-3-5-16(15)25/h2-5H,6-12H2,1H3,(H,22,26)(H,21,23,28). The number of aromatic amines is 1. The number of para-hydroxylation sites is 2. The van der Waals surface area contributed by atoms with Crippen LogP contribution in [0.25, 0.3) is 0 Å². The van der Waals surface area contributed by atoms with Crippen molar-refractivity contribution in [2.45, 2.75) is 19.8 Å². The summed E-state index contributed by atoms with van der Waals surface area (Å²) in [6.07, 6.45) is 0.376. The fourth-order valence-corrected chi connectivity index (χ4v) is 3.64. The van der Waals surface area contributed by atoms with Gasteiger partial charge < -0.3 is 19.9 Å². The number of aromatic nitrogens is 2. The minimum Gasteiger partial charge on any atom is -0.378 e. The summed E-state index contributed by atoms with van der Waals surface area (Å²) in [4.78, 5) is 48.1. The highest BCUT2D eigenvalue weighted by Crippen LogP contribution is 2.29. The van der Waals surface area contributed by atoms with Gasteiger partial charge in [-0.2, -0.15) is 0 Å². The minimum absolute atomic E-state index is 0.0284. The molecule has 1 fully saturated rings. The van der Waals surface area contributed by atoms with Crippen LogP contribution in [0, 0.1) is 6.92 Å². The Bertz CT molecular complexity index is 997. The van der Waals surface area contributed by atoms with Crippen LogP contribution < -0.4 is 20.7 Å². The third-order valence-corrected chi connectivity index (χ3v) is 5.18. The van der Waals surface area contributed by atoms with Crippen LogP contribution in [0.15, 0.2) is 29.1 Å². The Balaban J connectivity index is 1.48. The van der Waals surface area contributed by atoms with Crippen molar-refractivity contribution in [2.75, 3.05) is 48.0 Å². The number of amides is 2. The first-order valence-electron chi connectivity index (χ1n) is 9.64. The topological polar surface area (TPSA) is 108 Å². The van der Waals surface area contributed by atoms with Crippen molar-refractivity contribution in [1.29, 1.82) is 0 Å². The number of aryl methyl sites for hydroxylation is 1. The van der Waals surface area contributed by atoms with Gasteiger partial charge in [0.25, 0.3) is 5.56 Å². The number of ether oxygens (including phenoxy) is 1. The summed E-state index contributed by atoms with van der Waals surface area (Å²) in [5.41, 5.74) is 2.15. The largest absolute Gasteiger partial charge is 0.378 e. The molecule has 152 valence electrons. The van der Waals surface area contributed by atoms with Crippen molar-refractivity contribution in [3.8, 4) is 0 Å². The number of rotatable bonds is 4. The molecule has 1 aromatic carbocycles. The molecule has 9 nitrogen and oxygen atoms in total. The summed E-state index contributed by atoms with van der Waals surface area (Å²) >= 11 is 0. The molecule has 1 saturated heterocycles. The number of hydrogen-bond donors (Lipinski definition) is 2. The zero-order chi connectivity index (χ0) is 20.4. The molecule has 3 heterocycles. The third kappa shape index (κ3) is 4.00. The fourth-order valence-electron chi connectivity index (χ4n) is 3.64. The number of morpholine rings is 1. The highest BCUT2D eigenvalue weighted by molar-refractivity contribution is 6.09. The van der Waals surface area contributed by atoms with Crippen LogP contribution in [0.2, 0.25) is 0 Å². The summed E-state index contributed by atoms with van der Waals surface area (Å²) < 4.78 is 5.33. The fraction of sp³-hybridized carbons (Fsp3) is 0.400. The number of anilines is 3. The molecule has 1 aromatic heterocycles. The van der Waals surface area contributed by atoms with Gasteiger partial charge in [-0.25, -0.2) is 4.98 Å². The smallest absolute Gasteiger partial charge is 0.255 e. The van der Waals surface area contributed by atoms with Crippen molar-refractivity contribution >= 4 is 29.1 Å². The lowest BCUT2D eigenvalue weighted by atomic mass is 10.1. The van der Waals surface area contributed by atoms with E-state index in [0.717, 1.165) is 0 Å². The van der Waals surface area contributed by atoms with Gasteiger partial charge in [0, 0.05) is 30.8 Å². The molecule has 2 amide bonds. The highest BCUT2D eigenvalue weighted by atomic mass is 16.5. The quantitative estimate of drug-likeness (QED) is 0.791. The highest BCUT2D eigenvalue weighted by Gasteiger charge is 2.26. The second-order valence-electron chi connectivity index (χ2n) is 7.10. The molecule has 0 aliphatic carbocycles. The normalized spacial score (nSPS) is 16.4. The monoisotopic (exact) mass is 397 g/mol. The number of nitrogens with zero attached hydrogens (tertiary/aromatic N) is 3. The SMILES string of the molecule is Cc1nc(N2CCOCC2)[nH]c(=O)c1CCC(=O)N1CC(=O)Nc2ccccc21. The van der Waals surface area contributed by atoms with Gasteiger partial charge >= 0.3 is 0 Å². The van der Waals surface area contributed by atoms with E-state index in [4.69, 9.17) is 4.74 Å². The summed E-state index contributed by atoms with van der Waals surface area (Å²) in [7, 11) is 0. The van der Waals surface area contributed by atoms with Crippen molar-refractivity contribution in [1.82, 2.24) is 9.97 Å². The number of H-pyrrole nitrogens is 1. The zero-order valence-corrected chi connectivity index (χ0v) is 16.2. The van der Waals surface area contributed by atoms with Gasteiger partial charge in [-0.05, 0) is 25.5 Å². The Labute approximate surface area is 167 Å². The predicted octanol–water partition coefficient (Wildman–Crippen LogP) is 0.833. The lowest BCUT2D eigenvalue weighted by molar-refractivity contribution is -0.121. The Morgan fingerprint density at radius 1 is 1.21 bits per heavy atom. The lowest BCUT2D eigenvalue weighted by Crippen LogP contribution is -2.42. The minimum atomic E-state index is -0.234. The average molecular weight is 397 g/mol. The number of carbonyl (C=O) groups excluding carboxylic acids is 2. The Morgan fingerprint density at radius 2 is 1.97 bits per heavy atom. The third-order valence-electron chi connectivity index (χ3n) is 5.18. The molecule has 0 spiro atoms. The Morgan fingerprint density at radius 3 is 2.72 bits per heavy atom. The summed E-state index contributed by atoms with van der Waals surface area (Å²) in [5.74, 6) is 0.0958. The summed E-state index contributed by atoms with van der Waals surface area (Å²) in [6.45, 7) is 4.31. The molecule has 0 radical (unpaired) electrons. The van der Waals surface area contributed by atoms with Crippen LogP contribution in [0.5, 0.6) is 0 Å². The molecular weight excluding hydrogens is 374 g/mol. The van der Waals surface area contributed by atoms with Gasteiger partial charge in [-0.3, -0.25) is 19.4 Å². The summed E-state index contributed by atoms with van der Waals surface area (Å²) in [6, 6.07) is 7.18. The maximum Gasteiger partial charge on any atom is 0.255 e. The van der Waals surface area contributed by atoms with E-state index >= 15 is 0 Å². The van der Waals surface area contributed by atoms with E-state index in [-0.39, 0.29) is 36.8 Å². The molecule has 9 heteroatoms. The van der Waals surface area contributed by atoms with Gasteiger partial charge in [0.2, 0.25) is 17.8 Å². The molecule has 0 saturated carbocycles. The number of nitrogens with one attached hydrogen (secondary N) is 2. The molecular formula is C20H23N5O4. The zero-order valence-electron chi connectivity index (χ0n) is 16.2. The van der Waals surface area contributed by atoms with Crippen LogP contribution in [0.1, 0.15) is 17.7 Å². The van der Waals surface area contributed by atoms with Gasteiger partial charge in [-0.15, -0.1) is 0 Å². The van der Waals surface area contributed by atoms with Crippen molar-refractivity contribution in [2.24, 2.45) is 0 Å². The van der Waals surface area contributed by atoms with Crippen LogP contribution in [-0.2, 0) is 20.7 Å². The van der Waals surface area contributed by atoms with Crippen LogP contribution in [0.3, 0.4) is 0 Å².